The van der Waals surface area contributed by atoms with Gasteiger partial charge in [0.15, 0.2) is 11.5 Å². The number of benzene rings is 2. The molecule has 1 aliphatic heterocycles. The van der Waals surface area contributed by atoms with Crippen molar-refractivity contribution in [3.05, 3.63) is 53.1 Å². The Morgan fingerprint density at radius 1 is 1.00 bits per heavy atom. The van der Waals surface area contributed by atoms with Crippen LogP contribution in [0.15, 0.2) is 36.4 Å². The third kappa shape index (κ3) is 5.00. The quantitative estimate of drug-likeness (QED) is 0.822. The first kappa shape index (κ1) is 18.8. The first-order valence-corrected chi connectivity index (χ1v) is 9.04. The molecule has 0 spiro atoms. The Bertz CT molecular complexity index is 848. The molecule has 27 heavy (non-hydrogen) atoms. The molecule has 0 aromatic heterocycles. The van der Waals surface area contributed by atoms with Crippen molar-refractivity contribution in [1.29, 1.82) is 0 Å². The SMILES string of the molecule is Cc1cccc(NC(=O)CNC(=O)CCc2ccc3c(c2)OCCO3)c1C. The third-order valence-corrected chi connectivity index (χ3v) is 4.57. The van der Waals surface area contributed by atoms with Crippen LogP contribution in [0.2, 0.25) is 0 Å². The zero-order chi connectivity index (χ0) is 19.2. The number of aryl methyl sites for hydroxylation is 2. The van der Waals surface area contributed by atoms with E-state index in [1.54, 1.807) is 0 Å². The second-order valence-electron chi connectivity index (χ2n) is 6.55. The largest absolute Gasteiger partial charge is 0.486 e. The highest BCUT2D eigenvalue weighted by Gasteiger charge is 2.13. The van der Waals surface area contributed by atoms with Crippen molar-refractivity contribution in [2.45, 2.75) is 26.7 Å². The van der Waals surface area contributed by atoms with Crippen LogP contribution in [0.4, 0.5) is 5.69 Å². The molecule has 2 aromatic carbocycles. The molecule has 0 saturated carbocycles. The molecule has 0 atom stereocenters. The summed E-state index contributed by atoms with van der Waals surface area (Å²) in [5.41, 5.74) is 3.90. The third-order valence-electron chi connectivity index (χ3n) is 4.57. The normalized spacial score (nSPS) is 12.4. The number of amides is 2. The van der Waals surface area contributed by atoms with Crippen LogP contribution >= 0.6 is 0 Å². The summed E-state index contributed by atoms with van der Waals surface area (Å²) in [6, 6.07) is 11.4. The van der Waals surface area contributed by atoms with Crippen LogP contribution in [-0.4, -0.2) is 31.6 Å². The van der Waals surface area contributed by atoms with E-state index in [1.165, 1.54) is 0 Å². The first-order chi connectivity index (χ1) is 13.0. The lowest BCUT2D eigenvalue weighted by Gasteiger charge is -2.18. The molecule has 1 heterocycles. The standard InChI is InChI=1S/C21H24N2O4/c1-14-4-3-5-17(15(14)2)23-21(25)13-22-20(24)9-7-16-6-8-18-19(12-16)27-11-10-26-18/h3-6,8,12H,7,9-11,13H2,1-2H3,(H,22,24)(H,23,25). The number of carbonyl (C=O) groups excluding carboxylic acids is 2. The number of ether oxygens (including phenoxy) is 2. The van der Waals surface area contributed by atoms with E-state index >= 15 is 0 Å². The molecule has 3 rings (SSSR count). The lowest BCUT2D eigenvalue weighted by molar-refractivity contribution is -0.124. The van der Waals surface area contributed by atoms with Crippen LogP contribution in [0.5, 0.6) is 11.5 Å². The molecule has 0 unspecified atom stereocenters. The molecule has 0 bridgehead atoms. The van der Waals surface area contributed by atoms with Crippen LogP contribution in [0.3, 0.4) is 0 Å². The number of anilines is 1. The minimum atomic E-state index is -0.239. The Morgan fingerprint density at radius 2 is 1.78 bits per heavy atom. The molecule has 2 aromatic rings. The van der Waals surface area contributed by atoms with Gasteiger partial charge < -0.3 is 20.1 Å². The summed E-state index contributed by atoms with van der Waals surface area (Å²) >= 11 is 0. The fraction of sp³-hybridized carbons (Fsp3) is 0.333. The van der Waals surface area contributed by atoms with Crippen molar-refractivity contribution in [2.75, 3.05) is 25.1 Å². The van der Waals surface area contributed by atoms with Crippen molar-refractivity contribution < 1.29 is 19.1 Å². The molecular formula is C21H24N2O4. The van der Waals surface area contributed by atoms with Gasteiger partial charge in [0.1, 0.15) is 13.2 Å². The maximum atomic E-state index is 12.1. The average molecular weight is 368 g/mol. The molecule has 2 N–H and O–H groups in total. The molecule has 0 fully saturated rings. The zero-order valence-electron chi connectivity index (χ0n) is 15.6. The van der Waals surface area contributed by atoms with E-state index in [1.807, 2.05) is 50.2 Å². The summed E-state index contributed by atoms with van der Waals surface area (Å²) in [6.45, 7) is 4.99. The van der Waals surface area contributed by atoms with Gasteiger partial charge in [-0.05, 0) is 55.2 Å². The van der Waals surface area contributed by atoms with Gasteiger partial charge in [-0.3, -0.25) is 9.59 Å². The molecule has 6 heteroatoms. The van der Waals surface area contributed by atoms with Crippen LogP contribution in [-0.2, 0) is 16.0 Å². The Morgan fingerprint density at radius 3 is 2.59 bits per heavy atom. The molecule has 2 amide bonds. The van der Waals surface area contributed by atoms with E-state index in [0.717, 1.165) is 28.1 Å². The smallest absolute Gasteiger partial charge is 0.243 e. The van der Waals surface area contributed by atoms with Crippen LogP contribution in [0, 0.1) is 13.8 Å². The van der Waals surface area contributed by atoms with Crippen LogP contribution in [0.25, 0.3) is 0 Å². The maximum Gasteiger partial charge on any atom is 0.243 e. The van der Waals surface area contributed by atoms with Crippen molar-refractivity contribution in [3.8, 4) is 11.5 Å². The number of hydrogen-bond acceptors (Lipinski definition) is 4. The molecule has 142 valence electrons. The molecule has 0 saturated heterocycles. The van der Waals surface area contributed by atoms with Gasteiger partial charge in [-0.15, -0.1) is 0 Å². The van der Waals surface area contributed by atoms with E-state index in [2.05, 4.69) is 10.6 Å². The van der Waals surface area contributed by atoms with Crippen molar-refractivity contribution >= 4 is 17.5 Å². The van der Waals surface area contributed by atoms with Gasteiger partial charge in [0.25, 0.3) is 0 Å². The number of rotatable bonds is 6. The Kier molecular flexibility index (Phi) is 5.96. The second kappa shape index (κ2) is 8.58. The Balaban J connectivity index is 1.44. The summed E-state index contributed by atoms with van der Waals surface area (Å²) in [5, 5.41) is 5.49. The molecule has 0 aliphatic carbocycles. The van der Waals surface area contributed by atoms with E-state index in [4.69, 9.17) is 9.47 Å². The fourth-order valence-electron chi connectivity index (χ4n) is 2.85. The van der Waals surface area contributed by atoms with E-state index in [0.29, 0.717) is 31.8 Å². The molecule has 6 nitrogen and oxygen atoms in total. The fourth-order valence-corrected chi connectivity index (χ4v) is 2.85. The van der Waals surface area contributed by atoms with Crippen molar-refractivity contribution in [3.63, 3.8) is 0 Å². The highest BCUT2D eigenvalue weighted by Crippen LogP contribution is 2.31. The van der Waals surface area contributed by atoms with Gasteiger partial charge in [0, 0.05) is 12.1 Å². The highest BCUT2D eigenvalue weighted by atomic mass is 16.6. The Labute approximate surface area is 158 Å². The molecule has 0 radical (unpaired) electrons. The summed E-state index contributed by atoms with van der Waals surface area (Å²) in [7, 11) is 0. The highest BCUT2D eigenvalue weighted by molar-refractivity contribution is 5.95. The predicted molar refractivity (Wildman–Crippen MR) is 103 cm³/mol. The van der Waals surface area contributed by atoms with Crippen LogP contribution < -0.4 is 20.1 Å². The van der Waals surface area contributed by atoms with Gasteiger partial charge in [-0.25, -0.2) is 0 Å². The Hall–Kier alpha value is -3.02. The minimum absolute atomic E-state index is 0.0483. The average Bonchev–Trinajstić information content (AvgIpc) is 2.68. The summed E-state index contributed by atoms with van der Waals surface area (Å²) in [5.74, 6) is 1.04. The van der Waals surface area contributed by atoms with Gasteiger partial charge in [-0.2, -0.15) is 0 Å². The monoisotopic (exact) mass is 368 g/mol. The van der Waals surface area contributed by atoms with E-state index in [9.17, 15) is 9.59 Å². The number of carbonyl (C=O) groups is 2. The molecular weight excluding hydrogens is 344 g/mol. The van der Waals surface area contributed by atoms with Gasteiger partial charge in [0.2, 0.25) is 11.8 Å². The number of fused-ring (bicyclic) bond motifs is 1. The lowest BCUT2D eigenvalue weighted by Crippen LogP contribution is -2.33. The van der Waals surface area contributed by atoms with E-state index < -0.39 is 0 Å². The van der Waals surface area contributed by atoms with Crippen molar-refractivity contribution in [2.24, 2.45) is 0 Å². The maximum absolute atomic E-state index is 12.1. The minimum Gasteiger partial charge on any atom is -0.486 e. The topological polar surface area (TPSA) is 76.7 Å². The summed E-state index contributed by atoms with van der Waals surface area (Å²) < 4.78 is 11.0. The lowest BCUT2D eigenvalue weighted by atomic mass is 10.1. The van der Waals surface area contributed by atoms with Gasteiger partial charge in [-0.1, -0.05) is 18.2 Å². The van der Waals surface area contributed by atoms with E-state index in [-0.39, 0.29) is 18.4 Å². The predicted octanol–water partition coefficient (Wildman–Crippen LogP) is 2.76. The van der Waals surface area contributed by atoms with Gasteiger partial charge >= 0.3 is 0 Å². The van der Waals surface area contributed by atoms with Crippen LogP contribution in [0.1, 0.15) is 23.1 Å². The van der Waals surface area contributed by atoms with Crippen molar-refractivity contribution in [1.82, 2.24) is 5.32 Å². The number of nitrogens with one attached hydrogen (secondary N) is 2. The first-order valence-electron chi connectivity index (χ1n) is 9.04. The number of hydrogen-bond donors (Lipinski definition) is 2. The summed E-state index contributed by atoms with van der Waals surface area (Å²) in [4.78, 5) is 24.1. The molecule has 1 aliphatic rings. The zero-order valence-corrected chi connectivity index (χ0v) is 15.6. The summed E-state index contributed by atoms with van der Waals surface area (Å²) in [6.07, 6.45) is 0.872. The second-order valence-corrected chi connectivity index (χ2v) is 6.55. The van der Waals surface area contributed by atoms with Gasteiger partial charge in [0.05, 0.1) is 6.54 Å².